The molecule has 1 fully saturated rings. The lowest BCUT2D eigenvalue weighted by atomic mass is 10.2. The first-order valence-corrected chi connectivity index (χ1v) is 7.91. The summed E-state index contributed by atoms with van der Waals surface area (Å²) in [5.74, 6) is -0.460. The fourth-order valence-electron chi connectivity index (χ4n) is 2.04. The maximum atomic E-state index is 12.4. The zero-order chi connectivity index (χ0) is 14.0. The molecule has 1 aromatic rings. The number of nitrogens with one attached hydrogen (secondary N) is 1. The maximum Gasteiger partial charge on any atom is 0.238 e. The number of hydrogen-bond donors (Lipinski definition) is 1. The lowest BCUT2D eigenvalue weighted by molar-refractivity contribution is -0.126. The lowest BCUT2D eigenvalue weighted by Gasteiger charge is -2.31. The SMILES string of the molecule is CC1C(=O)NCCN1S(=O)(=O)Cc1ccccc1Cl. The Morgan fingerprint density at radius 1 is 1.42 bits per heavy atom. The molecule has 1 amide bonds. The molecule has 1 saturated heterocycles. The van der Waals surface area contributed by atoms with E-state index in [2.05, 4.69) is 5.32 Å². The van der Waals surface area contributed by atoms with E-state index in [4.69, 9.17) is 11.6 Å². The Balaban J connectivity index is 2.23. The number of hydrogen-bond acceptors (Lipinski definition) is 3. The fourth-order valence-corrected chi connectivity index (χ4v) is 4.08. The van der Waals surface area contributed by atoms with Crippen molar-refractivity contribution >= 4 is 27.5 Å². The summed E-state index contributed by atoms with van der Waals surface area (Å²) in [6.45, 7) is 2.21. The zero-order valence-electron chi connectivity index (χ0n) is 10.5. The minimum Gasteiger partial charge on any atom is -0.353 e. The highest BCUT2D eigenvalue weighted by atomic mass is 35.5. The normalized spacial score (nSPS) is 21.2. The predicted molar refractivity (Wildman–Crippen MR) is 73.3 cm³/mol. The molecule has 0 aliphatic carbocycles. The van der Waals surface area contributed by atoms with Crippen molar-refractivity contribution < 1.29 is 13.2 Å². The predicted octanol–water partition coefficient (Wildman–Crippen LogP) is 0.990. The molecule has 0 spiro atoms. The smallest absolute Gasteiger partial charge is 0.238 e. The van der Waals surface area contributed by atoms with Crippen molar-refractivity contribution in [1.29, 1.82) is 0 Å². The van der Waals surface area contributed by atoms with Crippen LogP contribution in [0.1, 0.15) is 12.5 Å². The molecular formula is C12H15ClN2O3S. The summed E-state index contributed by atoms with van der Waals surface area (Å²) >= 11 is 5.97. The van der Waals surface area contributed by atoms with Gasteiger partial charge in [0.15, 0.2) is 0 Å². The largest absolute Gasteiger partial charge is 0.353 e. The summed E-state index contributed by atoms with van der Waals surface area (Å²) in [6.07, 6.45) is 0. The minimum absolute atomic E-state index is 0.190. The van der Waals surface area contributed by atoms with E-state index in [1.807, 2.05) is 0 Å². The van der Waals surface area contributed by atoms with Gasteiger partial charge in [0.05, 0.1) is 5.75 Å². The number of sulfonamides is 1. The summed E-state index contributed by atoms with van der Waals surface area (Å²) in [4.78, 5) is 11.5. The summed E-state index contributed by atoms with van der Waals surface area (Å²) in [7, 11) is -3.55. The van der Waals surface area contributed by atoms with Crippen LogP contribution in [0.2, 0.25) is 5.02 Å². The number of piperazine rings is 1. The van der Waals surface area contributed by atoms with E-state index in [1.165, 1.54) is 4.31 Å². The summed E-state index contributed by atoms with van der Waals surface area (Å²) in [5.41, 5.74) is 0.544. The first-order valence-electron chi connectivity index (χ1n) is 5.92. The van der Waals surface area contributed by atoms with Gasteiger partial charge < -0.3 is 5.32 Å². The van der Waals surface area contributed by atoms with Crippen LogP contribution in [0.3, 0.4) is 0 Å². The molecule has 1 N–H and O–H groups in total. The minimum atomic E-state index is -3.55. The Morgan fingerprint density at radius 3 is 2.79 bits per heavy atom. The molecule has 19 heavy (non-hydrogen) atoms. The van der Waals surface area contributed by atoms with Crippen LogP contribution in [-0.4, -0.2) is 37.8 Å². The molecule has 1 aliphatic heterocycles. The van der Waals surface area contributed by atoms with Gasteiger partial charge in [-0.05, 0) is 18.6 Å². The first kappa shape index (κ1) is 14.3. The number of rotatable bonds is 3. The number of amides is 1. The molecule has 0 bridgehead atoms. The standard InChI is InChI=1S/C12H15ClN2O3S/c1-9-12(16)14-6-7-15(9)19(17,18)8-10-4-2-3-5-11(10)13/h2-5,9H,6-8H2,1H3,(H,14,16). The third-order valence-corrected chi connectivity index (χ3v) is 5.35. The number of carbonyl (C=O) groups is 1. The Morgan fingerprint density at radius 2 is 2.11 bits per heavy atom. The van der Waals surface area contributed by atoms with Gasteiger partial charge in [0, 0.05) is 18.1 Å². The van der Waals surface area contributed by atoms with E-state index in [9.17, 15) is 13.2 Å². The van der Waals surface area contributed by atoms with E-state index < -0.39 is 16.1 Å². The molecule has 0 radical (unpaired) electrons. The van der Waals surface area contributed by atoms with Crippen LogP contribution in [0.5, 0.6) is 0 Å². The highest BCUT2D eigenvalue weighted by Crippen LogP contribution is 2.21. The van der Waals surface area contributed by atoms with Crippen LogP contribution >= 0.6 is 11.6 Å². The first-order chi connectivity index (χ1) is 8.92. The van der Waals surface area contributed by atoms with Crippen molar-refractivity contribution in [1.82, 2.24) is 9.62 Å². The van der Waals surface area contributed by atoms with Gasteiger partial charge in [0.25, 0.3) is 0 Å². The maximum absolute atomic E-state index is 12.4. The van der Waals surface area contributed by atoms with Crippen LogP contribution in [0.4, 0.5) is 0 Å². The van der Waals surface area contributed by atoms with Gasteiger partial charge >= 0.3 is 0 Å². The van der Waals surface area contributed by atoms with Crippen molar-refractivity contribution in [2.75, 3.05) is 13.1 Å². The van der Waals surface area contributed by atoms with Crippen molar-refractivity contribution in [2.45, 2.75) is 18.7 Å². The number of nitrogens with zero attached hydrogens (tertiary/aromatic N) is 1. The highest BCUT2D eigenvalue weighted by molar-refractivity contribution is 7.88. The van der Waals surface area contributed by atoms with E-state index >= 15 is 0 Å². The average molecular weight is 303 g/mol. The molecular weight excluding hydrogens is 288 g/mol. The molecule has 1 atom stereocenters. The zero-order valence-corrected chi connectivity index (χ0v) is 12.0. The van der Waals surface area contributed by atoms with Gasteiger partial charge in [0.1, 0.15) is 6.04 Å². The van der Waals surface area contributed by atoms with Gasteiger partial charge in [-0.3, -0.25) is 4.79 Å². The van der Waals surface area contributed by atoms with E-state index in [0.717, 1.165) is 0 Å². The monoisotopic (exact) mass is 302 g/mol. The molecule has 2 rings (SSSR count). The second kappa shape index (κ2) is 5.48. The third-order valence-electron chi connectivity index (χ3n) is 3.10. The van der Waals surface area contributed by atoms with Crippen LogP contribution in [0.15, 0.2) is 24.3 Å². The molecule has 1 aliphatic rings. The summed E-state index contributed by atoms with van der Waals surface area (Å²) in [6, 6.07) is 6.13. The van der Waals surface area contributed by atoms with E-state index in [0.29, 0.717) is 23.7 Å². The topological polar surface area (TPSA) is 66.5 Å². The molecule has 5 nitrogen and oxygen atoms in total. The number of carbonyl (C=O) groups excluding carboxylic acids is 1. The van der Waals surface area contributed by atoms with Crippen molar-refractivity contribution in [3.8, 4) is 0 Å². The molecule has 1 unspecified atom stereocenters. The highest BCUT2D eigenvalue weighted by Gasteiger charge is 2.34. The second-order valence-corrected chi connectivity index (χ2v) is 6.75. The van der Waals surface area contributed by atoms with Crippen molar-refractivity contribution in [3.05, 3.63) is 34.9 Å². The average Bonchev–Trinajstić information content (AvgIpc) is 2.35. The molecule has 104 valence electrons. The molecule has 0 aromatic heterocycles. The van der Waals surface area contributed by atoms with E-state index in [1.54, 1.807) is 31.2 Å². The number of halogens is 1. The van der Waals surface area contributed by atoms with E-state index in [-0.39, 0.29) is 11.7 Å². The van der Waals surface area contributed by atoms with Crippen LogP contribution in [0, 0.1) is 0 Å². The Hall–Kier alpha value is -1.11. The molecule has 7 heteroatoms. The Kier molecular flexibility index (Phi) is 4.13. The van der Waals surface area contributed by atoms with Crippen molar-refractivity contribution in [2.24, 2.45) is 0 Å². The number of benzene rings is 1. The Bertz CT molecular complexity index is 588. The van der Waals surface area contributed by atoms with Crippen LogP contribution in [-0.2, 0) is 20.6 Å². The van der Waals surface area contributed by atoms with Crippen molar-refractivity contribution in [3.63, 3.8) is 0 Å². The van der Waals surface area contributed by atoms with Gasteiger partial charge in [-0.15, -0.1) is 0 Å². The third kappa shape index (κ3) is 3.08. The molecule has 0 saturated carbocycles. The van der Waals surface area contributed by atoms with Crippen LogP contribution in [0.25, 0.3) is 0 Å². The Labute approximate surface area is 117 Å². The van der Waals surface area contributed by atoms with Gasteiger partial charge in [0.2, 0.25) is 15.9 Å². The van der Waals surface area contributed by atoms with Gasteiger partial charge in [-0.2, -0.15) is 4.31 Å². The fraction of sp³-hybridized carbons (Fsp3) is 0.417. The molecule has 1 heterocycles. The summed E-state index contributed by atoms with van der Waals surface area (Å²) < 4.78 is 25.9. The molecule has 1 aromatic carbocycles. The second-order valence-electron chi connectivity index (χ2n) is 4.43. The lowest BCUT2D eigenvalue weighted by Crippen LogP contribution is -2.55. The van der Waals surface area contributed by atoms with Crippen LogP contribution < -0.4 is 5.32 Å². The van der Waals surface area contributed by atoms with Gasteiger partial charge in [-0.25, -0.2) is 8.42 Å². The quantitative estimate of drug-likeness (QED) is 0.905. The van der Waals surface area contributed by atoms with Gasteiger partial charge in [-0.1, -0.05) is 29.8 Å². The summed E-state index contributed by atoms with van der Waals surface area (Å²) in [5, 5.41) is 3.05.